The van der Waals surface area contributed by atoms with Crippen molar-refractivity contribution in [3.8, 4) is 11.5 Å². The second-order valence-electron chi connectivity index (χ2n) is 7.81. The molecule has 4 rings (SSSR count). The van der Waals surface area contributed by atoms with Gasteiger partial charge in [0.25, 0.3) is 0 Å². The Balaban J connectivity index is 1.53. The number of guanidine groups is 1. The van der Waals surface area contributed by atoms with Gasteiger partial charge in [-0.15, -0.1) is 10.2 Å². The molecule has 1 N–H and O–H groups in total. The molecule has 0 saturated carbocycles. The van der Waals surface area contributed by atoms with Gasteiger partial charge in [0.2, 0.25) is 0 Å². The van der Waals surface area contributed by atoms with Crippen LogP contribution in [0.2, 0.25) is 0 Å². The zero-order valence-corrected chi connectivity index (χ0v) is 18.3. The summed E-state index contributed by atoms with van der Waals surface area (Å²) >= 11 is 0. The zero-order valence-electron chi connectivity index (χ0n) is 18.3. The summed E-state index contributed by atoms with van der Waals surface area (Å²) in [6.45, 7) is 6.18. The van der Waals surface area contributed by atoms with Gasteiger partial charge in [-0.05, 0) is 49.4 Å². The van der Waals surface area contributed by atoms with Crippen molar-refractivity contribution in [1.82, 2.24) is 25.0 Å². The van der Waals surface area contributed by atoms with Crippen molar-refractivity contribution in [1.29, 1.82) is 0 Å². The van der Waals surface area contributed by atoms with Gasteiger partial charge in [-0.2, -0.15) is 0 Å². The summed E-state index contributed by atoms with van der Waals surface area (Å²) in [7, 11) is 3.36. The highest BCUT2D eigenvalue weighted by Crippen LogP contribution is 2.33. The van der Waals surface area contributed by atoms with Crippen LogP contribution in [0, 0.1) is 0 Å². The number of methoxy groups -OCH3 is 2. The van der Waals surface area contributed by atoms with Crippen molar-refractivity contribution in [3.05, 3.63) is 34.9 Å². The highest BCUT2D eigenvalue weighted by molar-refractivity contribution is 5.80. The molecule has 1 aromatic heterocycles. The maximum absolute atomic E-state index is 5.50. The van der Waals surface area contributed by atoms with E-state index in [4.69, 9.17) is 14.5 Å². The number of ether oxygens (including phenoxy) is 2. The van der Waals surface area contributed by atoms with Gasteiger partial charge in [0.05, 0.1) is 14.2 Å². The number of nitrogens with one attached hydrogen (secondary N) is 1. The summed E-state index contributed by atoms with van der Waals surface area (Å²) in [4.78, 5) is 7.22. The van der Waals surface area contributed by atoms with Crippen LogP contribution in [0.1, 0.15) is 49.0 Å². The average Bonchev–Trinajstić information content (AvgIpc) is 3.00. The van der Waals surface area contributed by atoms with E-state index in [1.165, 1.54) is 30.4 Å². The van der Waals surface area contributed by atoms with Crippen molar-refractivity contribution in [2.75, 3.05) is 27.3 Å². The standard InChI is InChI=1S/C22H32N6O2/c1-4-23-22(24-14-21-26-25-20-8-6-5-7-10-28(20)21)27-11-9-16-12-18(29-2)19(30-3)13-17(16)15-27/h12-13H,4-11,14-15H2,1-3H3,(H,23,24). The van der Waals surface area contributed by atoms with Crippen molar-refractivity contribution < 1.29 is 9.47 Å². The third kappa shape index (κ3) is 4.22. The molecule has 2 aliphatic heterocycles. The number of aliphatic imine (C=N–C) groups is 1. The Bertz CT molecular complexity index is 907. The van der Waals surface area contributed by atoms with Gasteiger partial charge in [-0.3, -0.25) is 0 Å². The van der Waals surface area contributed by atoms with Gasteiger partial charge >= 0.3 is 0 Å². The molecule has 30 heavy (non-hydrogen) atoms. The number of rotatable bonds is 5. The minimum absolute atomic E-state index is 0.546. The number of hydrogen-bond acceptors (Lipinski definition) is 5. The number of hydrogen-bond donors (Lipinski definition) is 1. The van der Waals surface area contributed by atoms with Crippen molar-refractivity contribution in [2.24, 2.45) is 4.99 Å². The molecule has 0 saturated heterocycles. The number of aryl methyl sites for hydroxylation is 1. The summed E-state index contributed by atoms with van der Waals surface area (Å²) < 4.78 is 13.2. The predicted octanol–water partition coefficient (Wildman–Crippen LogP) is 2.55. The van der Waals surface area contributed by atoms with Gasteiger partial charge in [0.15, 0.2) is 23.3 Å². The third-order valence-electron chi connectivity index (χ3n) is 5.91. The van der Waals surface area contributed by atoms with Crippen molar-refractivity contribution >= 4 is 5.96 Å². The van der Waals surface area contributed by atoms with Crippen molar-refractivity contribution in [3.63, 3.8) is 0 Å². The average molecular weight is 413 g/mol. The number of benzene rings is 1. The molecule has 1 aromatic carbocycles. The Morgan fingerprint density at radius 2 is 1.83 bits per heavy atom. The molecular weight excluding hydrogens is 380 g/mol. The highest BCUT2D eigenvalue weighted by Gasteiger charge is 2.22. The molecule has 3 heterocycles. The lowest BCUT2D eigenvalue weighted by Gasteiger charge is -2.32. The maximum Gasteiger partial charge on any atom is 0.194 e. The summed E-state index contributed by atoms with van der Waals surface area (Å²) in [6, 6.07) is 4.18. The second kappa shape index (κ2) is 9.36. The lowest BCUT2D eigenvalue weighted by atomic mass is 9.99. The molecule has 0 bridgehead atoms. The van der Waals surface area contributed by atoms with Crippen LogP contribution in [-0.2, 0) is 32.5 Å². The molecule has 8 heteroatoms. The van der Waals surface area contributed by atoms with Gasteiger partial charge < -0.3 is 24.3 Å². The van der Waals surface area contributed by atoms with Crippen LogP contribution in [0.4, 0.5) is 0 Å². The number of fused-ring (bicyclic) bond motifs is 2. The first kappa shape index (κ1) is 20.5. The first-order valence-corrected chi connectivity index (χ1v) is 10.9. The van der Waals surface area contributed by atoms with Gasteiger partial charge in [0.1, 0.15) is 12.4 Å². The molecule has 0 fully saturated rings. The second-order valence-corrected chi connectivity index (χ2v) is 7.81. The smallest absolute Gasteiger partial charge is 0.194 e. The predicted molar refractivity (Wildman–Crippen MR) is 116 cm³/mol. The molecule has 0 atom stereocenters. The first-order valence-electron chi connectivity index (χ1n) is 10.9. The quantitative estimate of drug-likeness (QED) is 0.601. The fraction of sp³-hybridized carbons (Fsp3) is 0.591. The molecule has 0 radical (unpaired) electrons. The molecule has 162 valence electrons. The van der Waals surface area contributed by atoms with Crippen LogP contribution < -0.4 is 14.8 Å². The molecule has 2 aliphatic rings. The van der Waals surface area contributed by atoms with E-state index < -0.39 is 0 Å². The van der Waals surface area contributed by atoms with Crippen LogP contribution in [0.15, 0.2) is 17.1 Å². The fourth-order valence-electron chi connectivity index (χ4n) is 4.30. The summed E-state index contributed by atoms with van der Waals surface area (Å²) in [5.41, 5.74) is 2.56. The Morgan fingerprint density at radius 3 is 2.60 bits per heavy atom. The maximum atomic E-state index is 5.50. The topological polar surface area (TPSA) is 76.8 Å². The van der Waals surface area contributed by atoms with Crippen LogP contribution in [0.3, 0.4) is 0 Å². The minimum Gasteiger partial charge on any atom is -0.493 e. The van der Waals surface area contributed by atoms with E-state index in [1.807, 2.05) is 0 Å². The van der Waals surface area contributed by atoms with E-state index in [9.17, 15) is 0 Å². The summed E-state index contributed by atoms with van der Waals surface area (Å²) in [5, 5.41) is 12.3. The first-order chi connectivity index (χ1) is 14.7. The monoisotopic (exact) mass is 412 g/mol. The minimum atomic E-state index is 0.546. The van der Waals surface area contributed by atoms with Gasteiger partial charge in [-0.25, -0.2) is 4.99 Å². The Morgan fingerprint density at radius 1 is 1.03 bits per heavy atom. The van der Waals surface area contributed by atoms with E-state index in [-0.39, 0.29) is 0 Å². The van der Waals surface area contributed by atoms with Crippen LogP contribution in [0.25, 0.3) is 0 Å². The van der Waals surface area contributed by atoms with E-state index >= 15 is 0 Å². The fourth-order valence-corrected chi connectivity index (χ4v) is 4.30. The molecule has 0 spiro atoms. The van der Waals surface area contributed by atoms with E-state index in [2.05, 4.69) is 44.0 Å². The largest absolute Gasteiger partial charge is 0.493 e. The van der Waals surface area contributed by atoms with E-state index in [1.54, 1.807) is 14.2 Å². The molecule has 2 aromatic rings. The zero-order chi connectivity index (χ0) is 20.9. The summed E-state index contributed by atoms with van der Waals surface area (Å²) in [5.74, 6) is 4.55. The molecule has 0 amide bonds. The van der Waals surface area contributed by atoms with Crippen LogP contribution in [0.5, 0.6) is 11.5 Å². The van der Waals surface area contributed by atoms with Crippen molar-refractivity contribution in [2.45, 2.75) is 58.7 Å². The Labute approximate surface area is 178 Å². The third-order valence-corrected chi connectivity index (χ3v) is 5.91. The summed E-state index contributed by atoms with van der Waals surface area (Å²) in [6.07, 6.45) is 5.61. The lowest BCUT2D eigenvalue weighted by Crippen LogP contribution is -2.44. The normalized spacial score (nSPS) is 16.5. The lowest BCUT2D eigenvalue weighted by molar-refractivity contribution is 0.346. The van der Waals surface area contributed by atoms with Crippen LogP contribution in [-0.4, -0.2) is 52.9 Å². The molecule has 0 aliphatic carbocycles. The molecule has 8 nitrogen and oxygen atoms in total. The number of nitrogens with zero attached hydrogens (tertiary/aromatic N) is 5. The molecular formula is C22H32N6O2. The van der Waals surface area contributed by atoms with Crippen LogP contribution >= 0.6 is 0 Å². The SMILES string of the molecule is CCNC(=NCc1nnc2n1CCCCC2)N1CCc2cc(OC)c(OC)cc2C1. The van der Waals surface area contributed by atoms with E-state index in [0.29, 0.717) is 6.54 Å². The van der Waals surface area contributed by atoms with E-state index in [0.717, 1.165) is 68.1 Å². The van der Waals surface area contributed by atoms with Gasteiger partial charge in [-0.1, -0.05) is 6.42 Å². The molecule has 0 unspecified atom stereocenters. The number of aromatic nitrogens is 3. The van der Waals surface area contributed by atoms with Gasteiger partial charge in [0, 0.05) is 32.6 Å². The highest BCUT2D eigenvalue weighted by atomic mass is 16.5. The Hall–Kier alpha value is -2.77. The Kier molecular flexibility index (Phi) is 6.40.